The van der Waals surface area contributed by atoms with Crippen molar-refractivity contribution >= 4 is 12.4 Å². The molecule has 0 radical (unpaired) electrons. The number of alkyl halides is 3. The fourth-order valence-electron chi connectivity index (χ4n) is 2.30. The third kappa shape index (κ3) is 5.38. The molecule has 0 spiro atoms. The maximum atomic E-state index is 12.5. The van der Waals surface area contributed by atoms with Crippen LogP contribution in [0.1, 0.15) is 12.0 Å². The predicted octanol–water partition coefficient (Wildman–Crippen LogP) is 2.83. The van der Waals surface area contributed by atoms with Gasteiger partial charge in [0.05, 0.1) is 6.42 Å². The number of nitrogens with zero attached hydrogens (tertiary/aromatic N) is 1. The monoisotopic (exact) mass is 294 g/mol. The summed E-state index contributed by atoms with van der Waals surface area (Å²) in [6, 6.07) is 9.18. The summed E-state index contributed by atoms with van der Waals surface area (Å²) in [5.41, 5.74) is 1.06. The summed E-state index contributed by atoms with van der Waals surface area (Å²) in [4.78, 5) is 1.92. The summed E-state index contributed by atoms with van der Waals surface area (Å²) in [5, 5.41) is 3.03. The van der Waals surface area contributed by atoms with Gasteiger partial charge in [0.15, 0.2) is 0 Å². The maximum absolute atomic E-state index is 12.5. The first kappa shape index (κ1) is 16.3. The molecule has 1 aromatic rings. The van der Waals surface area contributed by atoms with Crippen LogP contribution in [0.4, 0.5) is 13.2 Å². The SMILES string of the molecule is Cl.FC(F)(F)CC1CNCCN1Cc1ccccc1. The van der Waals surface area contributed by atoms with Crippen LogP contribution < -0.4 is 5.32 Å². The summed E-state index contributed by atoms with van der Waals surface area (Å²) in [5.74, 6) is 0. The Labute approximate surface area is 117 Å². The lowest BCUT2D eigenvalue weighted by Gasteiger charge is -2.36. The Morgan fingerprint density at radius 1 is 1.21 bits per heavy atom. The molecular weight excluding hydrogens is 277 g/mol. The Hall–Kier alpha value is -0.780. The van der Waals surface area contributed by atoms with E-state index in [0.717, 1.165) is 12.1 Å². The molecule has 0 aliphatic carbocycles. The summed E-state index contributed by atoms with van der Waals surface area (Å²) >= 11 is 0. The molecule has 1 aliphatic rings. The Morgan fingerprint density at radius 3 is 2.53 bits per heavy atom. The van der Waals surface area contributed by atoms with E-state index in [4.69, 9.17) is 0 Å². The summed E-state index contributed by atoms with van der Waals surface area (Å²) in [7, 11) is 0. The lowest BCUT2D eigenvalue weighted by molar-refractivity contribution is -0.149. The smallest absolute Gasteiger partial charge is 0.314 e. The highest BCUT2D eigenvalue weighted by molar-refractivity contribution is 5.85. The molecule has 1 unspecified atom stereocenters. The normalized spacial score (nSPS) is 20.9. The molecule has 1 atom stereocenters. The number of hydrogen-bond acceptors (Lipinski definition) is 2. The van der Waals surface area contributed by atoms with Gasteiger partial charge in [0.25, 0.3) is 0 Å². The summed E-state index contributed by atoms with van der Waals surface area (Å²) in [6.45, 7) is 2.41. The molecule has 19 heavy (non-hydrogen) atoms. The van der Waals surface area contributed by atoms with Gasteiger partial charge in [0, 0.05) is 32.2 Å². The first-order valence-corrected chi connectivity index (χ1v) is 6.10. The molecule has 108 valence electrons. The van der Waals surface area contributed by atoms with Crippen LogP contribution in [0.25, 0.3) is 0 Å². The zero-order valence-electron chi connectivity index (χ0n) is 10.5. The Morgan fingerprint density at radius 2 is 1.89 bits per heavy atom. The molecule has 0 saturated carbocycles. The second kappa shape index (κ2) is 7.12. The summed E-state index contributed by atoms with van der Waals surface area (Å²) in [6.07, 6.45) is -4.84. The van der Waals surface area contributed by atoms with Crippen LogP contribution in [0.2, 0.25) is 0 Å². The first-order chi connectivity index (χ1) is 8.54. The van der Waals surface area contributed by atoms with E-state index in [1.807, 2.05) is 35.2 Å². The average Bonchev–Trinajstić information content (AvgIpc) is 2.31. The topological polar surface area (TPSA) is 15.3 Å². The van der Waals surface area contributed by atoms with Crippen LogP contribution in [0.15, 0.2) is 30.3 Å². The minimum absolute atomic E-state index is 0. The van der Waals surface area contributed by atoms with Crippen LogP contribution in [-0.2, 0) is 6.54 Å². The maximum Gasteiger partial charge on any atom is 0.390 e. The van der Waals surface area contributed by atoms with E-state index in [1.165, 1.54) is 0 Å². The van der Waals surface area contributed by atoms with E-state index in [1.54, 1.807) is 0 Å². The average molecular weight is 295 g/mol. The van der Waals surface area contributed by atoms with Gasteiger partial charge in [-0.15, -0.1) is 12.4 Å². The van der Waals surface area contributed by atoms with E-state index in [9.17, 15) is 13.2 Å². The van der Waals surface area contributed by atoms with Gasteiger partial charge in [-0.1, -0.05) is 30.3 Å². The number of halogens is 4. The number of piperazine rings is 1. The third-order valence-electron chi connectivity index (χ3n) is 3.17. The van der Waals surface area contributed by atoms with Gasteiger partial charge in [-0.3, -0.25) is 4.90 Å². The Bertz CT molecular complexity index is 370. The van der Waals surface area contributed by atoms with Gasteiger partial charge < -0.3 is 5.32 Å². The van der Waals surface area contributed by atoms with Gasteiger partial charge >= 0.3 is 6.18 Å². The fourth-order valence-corrected chi connectivity index (χ4v) is 2.30. The Balaban J connectivity index is 0.00000180. The molecular formula is C13H18ClF3N2. The first-order valence-electron chi connectivity index (χ1n) is 6.10. The lowest BCUT2D eigenvalue weighted by atomic mass is 10.1. The predicted molar refractivity (Wildman–Crippen MR) is 71.4 cm³/mol. The quantitative estimate of drug-likeness (QED) is 0.922. The van der Waals surface area contributed by atoms with Gasteiger partial charge in [0.1, 0.15) is 0 Å². The number of rotatable bonds is 3. The second-order valence-corrected chi connectivity index (χ2v) is 4.63. The number of hydrogen-bond donors (Lipinski definition) is 1. The molecule has 1 fully saturated rings. The molecule has 2 nitrogen and oxygen atoms in total. The third-order valence-corrected chi connectivity index (χ3v) is 3.17. The lowest BCUT2D eigenvalue weighted by Crippen LogP contribution is -2.52. The highest BCUT2D eigenvalue weighted by Gasteiger charge is 2.35. The van der Waals surface area contributed by atoms with E-state index < -0.39 is 18.6 Å². The van der Waals surface area contributed by atoms with Crippen molar-refractivity contribution in [1.29, 1.82) is 0 Å². The van der Waals surface area contributed by atoms with Crippen LogP contribution in [0, 0.1) is 0 Å². The molecule has 1 heterocycles. The largest absolute Gasteiger partial charge is 0.390 e. The van der Waals surface area contributed by atoms with Crippen LogP contribution in [0.5, 0.6) is 0 Å². The van der Waals surface area contributed by atoms with Gasteiger partial charge in [-0.2, -0.15) is 13.2 Å². The van der Waals surface area contributed by atoms with Crippen molar-refractivity contribution < 1.29 is 13.2 Å². The fraction of sp³-hybridized carbons (Fsp3) is 0.538. The molecule has 2 rings (SSSR count). The van der Waals surface area contributed by atoms with E-state index in [0.29, 0.717) is 19.6 Å². The number of nitrogens with one attached hydrogen (secondary N) is 1. The minimum atomic E-state index is -4.10. The van der Waals surface area contributed by atoms with E-state index in [-0.39, 0.29) is 12.4 Å². The van der Waals surface area contributed by atoms with E-state index >= 15 is 0 Å². The van der Waals surface area contributed by atoms with Crippen molar-refractivity contribution in [2.75, 3.05) is 19.6 Å². The Kier molecular flexibility index (Phi) is 6.10. The molecule has 6 heteroatoms. The van der Waals surface area contributed by atoms with Crippen LogP contribution >= 0.6 is 12.4 Å². The van der Waals surface area contributed by atoms with Gasteiger partial charge in [-0.05, 0) is 5.56 Å². The van der Waals surface area contributed by atoms with Crippen molar-refractivity contribution in [2.24, 2.45) is 0 Å². The molecule has 1 aromatic carbocycles. The van der Waals surface area contributed by atoms with Crippen molar-refractivity contribution in [3.63, 3.8) is 0 Å². The zero-order valence-corrected chi connectivity index (χ0v) is 11.3. The van der Waals surface area contributed by atoms with Gasteiger partial charge in [0.2, 0.25) is 0 Å². The highest BCUT2D eigenvalue weighted by Crippen LogP contribution is 2.25. The van der Waals surface area contributed by atoms with Crippen molar-refractivity contribution in [3.05, 3.63) is 35.9 Å². The van der Waals surface area contributed by atoms with Crippen LogP contribution in [-0.4, -0.2) is 36.8 Å². The van der Waals surface area contributed by atoms with E-state index in [2.05, 4.69) is 5.32 Å². The molecule has 1 saturated heterocycles. The van der Waals surface area contributed by atoms with Crippen molar-refractivity contribution in [2.45, 2.75) is 25.2 Å². The number of benzene rings is 1. The van der Waals surface area contributed by atoms with Crippen molar-refractivity contribution in [1.82, 2.24) is 10.2 Å². The zero-order chi connectivity index (χ0) is 13.0. The molecule has 0 bridgehead atoms. The standard InChI is InChI=1S/C13H17F3N2.ClH/c14-13(15,16)8-12-9-17-6-7-18(12)10-11-4-2-1-3-5-11;/h1-5,12,17H,6-10H2;1H. The highest BCUT2D eigenvalue weighted by atomic mass is 35.5. The van der Waals surface area contributed by atoms with Crippen LogP contribution in [0.3, 0.4) is 0 Å². The molecule has 1 N–H and O–H groups in total. The minimum Gasteiger partial charge on any atom is -0.314 e. The molecule has 0 amide bonds. The van der Waals surface area contributed by atoms with Gasteiger partial charge in [-0.25, -0.2) is 0 Å². The molecule has 1 aliphatic heterocycles. The second-order valence-electron chi connectivity index (χ2n) is 4.63. The molecule has 0 aromatic heterocycles. The van der Waals surface area contributed by atoms with Crippen molar-refractivity contribution in [3.8, 4) is 0 Å². The summed E-state index contributed by atoms with van der Waals surface area (Å²) < 4.78 is 37.5.